The number of hydrogen-bond acceptors (Lipinski definition) is 2. The first-order valence-corrected chi connectivity index (χ1v) is 5.92. The van der Waals surface area contributed by atoms with Crippen molar-refractivity contribution in [1.29, 1.82) is 0 Å². The summed E-state index contributed by atoms with van der Waals surface area (Å²) in [5, 5.41) is 1.95. The standard InChI is InChI=1S/C10H8BrNS/c11-7-3-6-10-12-8-4-1-2-5-9(8)13-10/h1-6H,7H2/b6-3+. The number of fused-ring (bicyclic) bond motifs is 1. The average molecular weight is 254 g/mol. The summed E-state index contributed by atoms with van der Waals surface area (Å²) >= 11 is 5.06. The van der Waals surface area contributed by atoms with Crippen LogP contribution in [-0.4, -0.2) is 10.3 Å². The number of aromatic nitrogens is 1. The number of thiazole rings is 1. The Hall–Kier alpha value is -0.670. The van der Waals surface area contributed by atoms with E-state index in [1.54, 1.807) is 11.3 Å². The fourth-order valence-electron chi connectivity index (χ4n) is 1.11. The summed E-state index contributed by atoms with van der Waals surface area (Å²) in [6.07, 6.45) is 4.09. The van der Waals surface area contributed by atoms with Gasteiger partial charge < -0.3 is 0 Å². The third-order valence-electron chi connectivity index (χ3n) is 1.66. The smallest absolute Gasteiger partial charge is 0.117 e. The zero-order chi connectivity index (χ0) is 9.10. The summed E-state index contributed by atoms with van der Waals surface area (Å²) in [7, 11) is 0. The molecule has 3 heteroatoms. The lowest BCUT2D eigenvalue weighted by atomic mass is 10.3. The van der Waals surface area contributed by atoms with Crippen molar-refractivity contribution in [2.24, 2.45) is 0 Å². The number of halogens is 1. The van der Waals surface area contributed by atoms with Crippen molar-refractivity contribution < 1.29 is 0 Å². The summed E-state index contributed by atoms with van der Waals surface area (Å²) in [6, 6.07) is 8.19. The molecule has 0 fully saturated rings. The largest absolute Gasteiger partial charge is 0.237 e. The first-order chi connectivity index (χ1) is 6.40. The highest BCUT2D eigenvalue weighted by Gasteiger charge is 1.98. The van der Waals surface area contributed by atoms with E-state index in [1.807, 2.05) is 24.3 Å². The maximum Gasteiger partial charge on any atom is 0.117 e. The molecule has 0 unspecified atom stereocenters. The van der Waals surface area contributed by atoms with Gasteiger partial charge in [0.05, 0.1) is 10.2 Å². The Bertz CT molecular complexity index is 400. The molecule has 1 nitrogen and oxygen atoms in total. The van der Waals surface area contributed by atoms with Crippen LogP contribution in [0.5, 0.6) is 0 Å². The van der Waals surface area contributed by atoms with E-state index in [0.717, 1.165) is 15.9 Å². The van der Waals surface area contributed by atoms with Gasteiger partial charge in [0.15, 0.2) is 0 Å². The van der Waals surface area contributed by atoms with Gasteiger partial charge in [-0.15, -0.1) is 11.3 Å². The zero-order valence-corrected chi connectivity index (χ0v) is 9.31. The second-order valence-corrected chi connectivity index (χ2v) is 4.29. The molecule has 1 aromatic carbocycles. The minimum absolute atomic E-state index is 0.878. The fraction of sp³-hybridized carbons (Fsp3) is 0.100. The van der Waals surface area contributed by atoms with Gasteiger partial charge in [-0.2, -0.15) is 0 Å². The predicted molar refractivity (Wildman–Crippen MR) is 62.4 cm³/mol. The Kier molecular flexibility index (Phi) is 2.76. The van der Waals surface area contributed by atoms with Gasteiger partial charge in [-0.25, -0.2) is 4.98 Å². The van der Waals surface area contributed by atoms with Crippen LogP contribution in [0, 0.1) is 0 Å². The quantitative estimate of drug-likeness (QED) is 0.744. The number of benzene rings is 1. The van der Waals surface area contributed by atoms with Crippen molar-refractivity contribution in [3.63, 3.8) is 0 Å². The lowest BCUT2D eigenvalue weighted by Crippen LogP contribution is -1.68. The Morgan fingerprint density at radius 1 is 1.38 bits per heavy atom. The third kappa shape index (κ3) is 1.98. The van der Waals surface area contributed by atoms with Gasteiger partial charge in [-0.3, -0.25) is 0 Å². The van der Waals surface area contributed by atoms with Gasteiger partial charge in [-0.1, -0.05) is 34.1 Å². The van der Waals surface area contributed by atoms with Crippen LogP contribution < -0.4 is 0 Å². The number of allylic oxidation sites excluding steroid dienone is 1. The average Bonchev–Trinajstić information content (AvgIpc) is 2.57. The molecule has 66 valence electrons. The lowest BCUT2D eigenvalue weighted by molar-refractivity contribution is 1.46. The van der Waals surface area contributed by atoms with Crippen LogP contribution in [0.1, 0.15) is 5.01 Å². The number of para-hydroxylation sites is 1. The fourth-order valence-corrected chi connectivity index (χ4v) is 2.19. The van der Waals surface area contributed by atoms with Crippen molar-refractivity contribution in [2.45, 2.75) is 0 Å². The van der Waals surface area contributed by atoms with Crippen molar-refractivity contribution in [2.75, 3.05) is 5.33 Å². The van der Waals surface area contributed by atoms with Crippen LogP contribution in [-0.2, 0) is 0 Å². The van der Waals surface area contributed by atoms with Gasteiger partial charge in [0.1, 0.15) is 5.01 Å². The van der Waals surface area contributed by atoms with Gasteiger partial charge >= 0.3 is 0 Å². The number of hydrogen-bond donors (Lipinski definition) is 0. The van der Waals surface area contributed by atoms with Crippen molar-refractivity contribution in [3.05, 3.63) is 35.3 Å². The molecular formula is C10H8BrNS. The van der Waals surface area contributed by atoms with Crippen LogP contribution >= 0.6 is 27.3 Å². The van der Waals surface area contributed by atoms with E-state index in [4.69, 9.17) is 0 Å². The van der Waals surface area contributed by atoms with E-state index in [2.05, 4.69) is 33.1 Å². The summed E-state index contributed by atoms with van der Waals surface area (Å²) in [5.41, 5.74) is 1.08. The minimum Gasteiger partial charge on any atom is -0.237 e. The molecule has 13 heavy (non-hydrogen) atoms. The molecule has 0 aliphatic carbocycles. The van der Waals surface area contributed by atoms with Crippen molar-refractivity contribution >= 4 is 43.6 Å². The first kappa shape index (κ1) is 8.91. The van der Waals surface area contributed by atoms with E-state index in [9.17, 15) is 0 Å². The van der Waals surface area contributed by atoms with Crippen molar-refractivity contribution in [3.8, 4) is 0 Å². The molecule has 2 rings (SSSR count). The van der Waals surface area contributed by atoms with Crippen LogP contribution in [0.25, 0.3) is 16.3 Å². The summed E-state index contributed by atoms with van der Waals surface area (Å²) < 4.78 is 1.25. The van der Waals surface area contributed by atoms with E-state index in [0.29, 0.717) is 0 Å². The SMILES string of the molecule is BrC/C=C/c1nc2ccccc2s1. The molecule has 0 saturated heterocycles. The molecule has 0 radical (unpaired) electrons. The van der Waals surface area contributed by atoms with Crippen LogP contribution in [0.2, 0.25) is 0 Å². The molecule has 0 amide bonds. The van der Waals surface area contributed by atoms with E-state index in [1.165, 1.54) is 4.70 Å². The van der Waals surface area contributed by atoms with Gasteiger partial charge in [0.25, 0.3) is 0 Å². The molecule has 0 bridgehead atoms. The molecule has 1 heterocycles. The third-order valence-corrected chi connectivity index (χ3v) is 3.04. The number of rotatable bonds is 2. The molecule has 0 spiro atoms. The zero-order valence-electron chi connectivity index (χ0n) is 6.90. The molecule has 0 saturated carbocycles. The predicted octanol–water partition coefficient (Wildman–Crippen LogP) is 3.70. The van der Waals surface area contributed by atoms with Crippen LogP contribution in [0.3, 0.4) is 0 Å². The van der Waals surface area contributed by atoms with Gasteiger partial charge in [-0.05, 0) is 18.2 Å². The van der Waals surface area contributed by atoms with Crippen molar-refractivity contribution in [1.82, 2.24) is 4.98 Å². The molecule has 0 N–H and O–H groups in total. The number of nitrogens with zero attached hydrogens (tertiary/aromatic N) is 1. The lowest BCUT2D eigenvalue weighted by Gasteiger charge is -1.80. The molecule has 0 atom stereocenters. The topological polar surface area (TPSA) is 12.9 Å². The first-order valence-electron chi connectivity index (χ1n) is 3.98. The second-order valence-electron chi connectivity index (χ2n) is 2.58. The number of alkyl halides is 1. The summed E-state index contributed by atoms with van der Waals surface area (Å²) in [5.74, 6) is 0. The highest BCUT2D eigenvalue weighted by atomic mass is 79.9. The maximum absolute atomic E-state index is 4.46. The minimum atomic E-state index is 0.878. The Morgan fingerprint density at radius 2 is 2.23 bits per heavy atom. The Labute approximate surface area is 89.2 Å². The highest BCUT2D eigenvalue weighted by molar-refractivity contribution is 9.09. The molecule has 1 aromatic heterocycles. The molecular weight excluding hydrogens is 246 g/mol. The van der Waals surface area contributed by atoms with E-state index >= 15 is 0 Å². The summed E-state index contributed by atoms with van der Waals surface area (Å²) in [4.78, 5) is 4.46. The molecule has 0 aliphatic rings. The highest BCUT2D eigenvalue weighted by Crippen LogP contribution is 2.22. The van der Waals surface area contributed by atoms with Gasteiger partial charge in [0, 0.05) is 5.33 Å². The van der Waals surface area contributed by atoms with Crippen LogP contribution in [0.15, 0.2) is 30.3 Å². The summed E-state index contributed by atoms with van der Waals surface area (Å²) in [6.45, 7) is 0. The molecule has 2 aromatic rings. The maximum atomic E-state index is 4.46. The van der Waals surface area contributed by atoms with E-state index < -0.39 is 0 Å². The second kappa shape index (κ2) is 4.03. The van der Waals surface area contributed by atoms with Crippen LogP contribution in [0.4, 0.5) is 0 Å². The van der Waals surface area contributed by atoms with Gasteiger partial charge in [0.2, 0.25) is 0 Å². The Morgan fingerprint density at radius 3 is 3.00 bits per heavy atom. The monoisotopic (exact) mass is 253 g/mol. The molecule has 0 aliphatic heterocycles. The van der Waals surface area contributed by atoms with E-state index in [-0.39, 0.29) is 0 Å². The normalized spacial score (nSPS) is 11.5. The Balaban J connectivity index is 2.44.